The van der Waals surface area contributed by atoms with E-state index >= 15 is 0 Å². The first-order valence-electron chi connectivity index (χ1n) is 8.85. The molecule has 6 heteroatoms. The number of aromatic nitrogens is 1. The molecule has 0 saturated carbocycles. The maximum atomic E-state index is 11.4. The van der Waals surface area contributed by atoms with Crippen LogP contribution in [0.1, 0.15) is 18.2 Å². The number of para-hydroxylation sites is 1. The van der Waals surface area contributed by atoms with Crippen molar-refractivity contribution >= 4 is 33.9 Å². The molecule has 3 atom stereocenters. The van der Waals surface area contributed by atoms with Crippen LogP contribution in [0, 0.1) is 0 Å². The number of aliphatic hydroxyl groups excluding tert-OH is 2. The smallest absolute Gasteiger partial charge is 0.330 e. The predicted octanol–water partition coefficient (Wildman–Crippen LogP) is 2.62. The van der Waals surface area contributed by atoms with Crippen molar-refractivity contribution in [2.24, 2.45) is 0 Å². The molecule has 2 heterocycles. The Kier molecular flexibility index (Phi) is 4.70. The van der Waals surface area contributed by atoms with Gasteiger partial charge in [0.1, 0.15) is 12.3 Å². The van der Waals surface area contributed by atoms with Crippen molar-refractivity contribution in [1.82, 2.24) is 4.57 Å². The molecule has 2 aromatic carbocycles. The van der Waals surface area contributed by atoms with Gasteiger partial charge in [0.25, 0.3) is 0 Å². The molecule has 0 bridgehead atoms. The van der Waals surface area contributed by atoms with E-state index in [2.05, 4.69) is 9.30 Å². The first kappa shape index (κ1) is 17.7. The second kappa shape index (κ2) is 7.15. The third-order valence-electron chi connectivity index (χ3n) is 5.02. The van der Waals surface area contributed by atoms with E-state index in [0.29, 0.717) is 6.42 Å². The molecule has 140 valence electrons. The van der Waals surface area contributed by atoms with Gasteiger partial charge in [0.05, 0.1) is 30.9 Å². The molecular formula is C21H21NO5. The molecule has 2 N–H and O–H groups in total. The minimum absolute atomic E-state index is 0.211. The van der Waals surface area contributed by atoms with Crippen LogP contribution in [0.4, 0.5) is 0 Å². The van der Waals surface area contributed by atoms with Gasteiger partial charge in [-0.15, -0.1) is 0 Å². The fourth-order valence-electron chi connectivity index (χ4n) is 3.70. The number of nitrogens with zero attached hydrogens (tertiary/aromatic N) is 1. The molecule has 1 aliphatic heterocycles. The zero-order valence-corrected chi connectivity index (χ0v) is 14.9. The Morgan fingerprint density at radius 3 is 2.78 bits per heavy atom. The van der Waals surface area contributed by atoms with Gasteiger partial charge in [-0.25, -0.2) is 4.79 Å². The Labute approximate surface area is 156 Å². The van der Waals surface area contributed by atoms with Crippen molar-refractivity contribution in [3.8, 4) is 0 Å². The summed E-state index contributed by atoms with van der Waals surface area (Å²) in [5, 5.41) is 21.6. The van der Waals surface area contributed by atoms with E-state index in [4.69, 9.17) is 4.74 Å². The highest BCUT2D eigenvalue weighted by Gasteiger charge is 2.35. The zero-order chi connectivity index (χ0) is 19.0. The second-order valence-electron chi connectivity index (χ2n) is 6.64. The molecule has 4 rings (SSSR count). The van der Waals surface area contributed by atoms with E-state index in [0.717, 1.165) is 27.4 Å². The number of methoxy groups -OCH3 is 1. The lowest BCUT2D eigenvalue weighted by molar-refractivity contribution is -0.134. The second-order valence-corrected chi connectivity index (χ2v) is 6.64. The molecule has 0 aliphatic carbocycles. The summed E-state index contributed by atoms with van der Waals surface area (Å²) in [5.74, 6) is -0.402. The molecule has 0 spiro atoms. The van der Waals surface area contributed by atoms with Gasteiger partial charge in [-0.2, -0.15) is 0 Å². The largest absolute Gasteiger partial charge is 0.466 e. The van der Waals surface area contributed by atoms with E-state index in [1.807, 2.05) is 42.5 Å². The number of fused-ring (bicyclic) bond motifs is 3. The highest BCUT2D eigenvalue weighted by atomic mass is 16.5. The third-order valence-corrected chi connectivity index (χ3v) is 5.02. The Bertz CT molecular complexity index is 1020. The van der Waals surface area contributed by atoms with E-state index in [1.165, 1.54) is 13.2 Å². The number of esters is 1. The number of hydrogen-bond acceptors (Lipinski definition) is 5. The number of rotatable bonds is 4. The summed E-state index contributed by atoms with van der Waals surface area (Å²) in [6.07, 6.45) is 1.91. The molecule has 6 nitrogen and oxygen atoms in total. The van der Waals surface area contributed by atoms with Crippen molar-refractivity contribution < 1.29 is 24.5 Å². The Balaban J connectivity index is 1.84. The Morgan fingerprint density at radius 1 is 1.26 bits per heavy atom. The summed E-state index contributed by atoms with van der Waals surface area (Å²) < 4.78 is 12.6. The van der Waals surface area contributed by atoms with Crippen LogP contribution in [-0.2, 0) is 14.3 Å². The van der Waals surface area contributed by atoms with Gasteiger partial charge in [-0.1, -0.05) is 24.3 Å². The van der Waals surface area contributed by atoms with E-state index in [9.17, 15) is 15.0 Å². The average molecular weight is 367 g/mol. The Morgan fingerprint density at radius 2 is 2.04 bits per heavy atom. The van der Waals surface area contributed by atoms with Crippen LogP contribution in [0.5, 0.6) is 0 Å². The highest BCUT2D eigenvalue weighted by Crippen LogP contribution is 2.38. The van der Waals surface area contributed by atoms with Crippen LogP contribution in [0.15, 0.2) is 48.5 Å². The normalized spacial score (nSPS) is 22.9. The molecule has 0 amide bonds. The van der Waals surface area contributed by atoms with E-state index in [-0.39, 0.29) is 12.8 Å². The van der Waals surface area contributed by atoms with Crippen LogP contribution >= 0.6 is 0 Å². The monoisotopic (exact) mass is 367 g/mol. The first-order chi connectivity index (χ1) is 13.1. The quantitative estimate of drug-likeness (QED) is 0.547. The van der Waals surface area contributed by atoms with Crippen molar-refractivity contribution in [3.63, 3.8) is 0 Å². The Hall–Kier alpha value is -2.67. The fraction of sp³-hybridized carbons (Fsp3) is 0.286. The first-order valence-corrected chi connectivity index (χ1v) is 8.85. The summed E-state index contributed by atoms with van der Waals surface area (Å²) in [6.45, 7) is -0.211. The topological polar surface area (TPSA) is 80.9 Å². The number of hydrogen-bond donors (Lipinski definition) is 2. The molecule has 3 aromatic rings. The van der Waals surface area contributed by atoms with Crippen LogP contribution in [0.3, 0.4) is 0 Å². The fourth-order valence-corrected chi connectivity index (χ4v) is 3.70. The predicted molar refractivity (Wildman–Crippen MR) is 102 cm³/mol. The molecule has 1 saturated heterocycles. The molecule has 1 fully saturated rings. The van der Waals surface area contributed by atoms with Crippen LogP contribution < -0.4 is 0 Å². The summed E-state index contributed by atoms with van der Waals surface area (Å²) in [6, 6.07) is 13.9. The van der Waals surface area contributed by atoms with Gasteiger partial charge in [-0.05, 0) is 29.8 Å². The summed E-state index contributed by atoms with van der Waals surface area (Å²) >= 11 is 0. The van der Waals surface area contributed by atoms with Crippen LogP contribution in [0.2, 0.25) is 0 Å². The molecule has 0 radical (unpaired) electrons. The van der Waals surface area contributed by atoms with Gasteiger partial charge in [-0.3, -0.25) is 0 Å². The maximum absolute atomic E-state index is 11.4. The average Bonchev–Trinajstić information content (AvgIpc) is 3.22. The minimum Gasteiger partial charge on any atom is -0.466 e. The van der Waals surface area contributed by atoms with Crippen molar-refractivity contribution in [3.05, 3.63) is 54.1 Å². The maximum Gasteiger partial charge on any atom is 0.330 e. The number of carbonyl (C=O) groups is 1. The summed E-state index contributed by atoms with van der Waals surface area (Å²) in [4.78, 5) is 11.4. The third kappa shape index (κ3) is 3.12. The SMILES string of the molecule is COC(=O)C=Cc1ccc2c(c1)c1ccccc1n2[C@H]1CC(O)[C@@H](CO)O1. The summed E-state index contributed by atoms with van der Waals surface area (Å²) in [5.41, 5.74) is 2.86. The van der Waals surface area contributed by atoms with Gasteiger partial charge in [0.2, 0.25) is 0 Å². The van der Waals surface area contributed by atoms with Gasteiger partial charge in [0, 0.05) is 23.3 Å². The van der Waals surface area contributed by atoms with Crippen LogP contribution in [-0.4, -0.2) is 46.7 Å². The lowest BCUT2D eigenvalue weighted by atomic mass is 10.1. The minimum atomic E-state index is -0.696. The van der Waals surface area contributed by atoms with Crippen LogP contribution in [0.25, 0.3) is 27.9 Å². The number of benzene rings is 2. The number of ether oxygens (including phenoxy) is 2. The zero-order valence-electron chi connectivity index (χ0n) is 14.9. The van der Waals surface area contributed by atoms with Crippen molar-refractivity contribution in [2.45, 2.75) is 24.9 Å². The van der Waals surface area contributed by atoms with Gasteiger partial charge >= 0.3 is 5.97 Å². The van der Waals surface area contributed by atoms with Crippen molar-refractivity contribution in [1.29, 1.82) is 0 Å². The standard InChI is InChI=1S/C21H21NO5/c1-26-21(25)9-7-13-6-8-17-15(10-13)14-4-2-3-5-16(14)22(17)20-11-18(24)19(12-23)27-20/h2-10,18-20,23-24H,11-12H2,1H3/t18?,19-,20-/m1/s1. The van der Waals surface area contributed by atoms with Gasteiger partial charge < -0.3 is 24.3 Å². The lowest BCUT2D eigenvalue weighted by Crippen LogP contribution is -2.24. The van der Waals surface area contributed by atoms with E-state index < -0.39 is 18.2 Å². The van der Waals surface area contributed by atoms with Crippen molar-refractivity contribution in [2.75, 3.05) is 13.7 Å². The lowest BCUT2D eigenvalue weighted by Gasteiger charge is -2.16. The molecule has 1 unspecified atom stereocenters. The summed E-state index contributed by atoms with van der Waals surface area (Å²) in [7, 11) is 1.35. The number of carbonyl (C=O) groups excluding carboxylic acids is 1. The number of aliphatic hydroxyl groups is 2. The molecule has 1 aromatic heterocycles. The molecule has 27 heavy (non-hydrogen) atoms. The van der Waals surface area contributed by atoms with Gasteiger partial charge in [0.15, 0.2) is 0 Å². The molecule has 1 aliphatic rings. The molecular weight excluding hydrogens is 346 g/mol. The highest BCUT2D eigenvalue weighted by molar-refractivity contribution is 6.08. The van der Waals surface area contributed by atoms with E-state index in [1.54, 1.807) is 6.08 Å².